The molecule has 0 bridgehead atoms. The summed E-state index contributed by atoms with van der Waals surface area (Å²) in [5.41, 5.74) is 4.26. The van der Waals surface area contributed by atoms with Gasteiger partial charge < -0.3 is 5.32 Å². The van der Waals surface area contributed by atoms with Crippen LogP contribution in [0.5, 0.6) is 0 Å². The van der Waals surface area contributed by atoms with E-state index in [4.69, 9.17) is 4.98 Å². The van der Waals surface area contributed by atoms with Crippen molar-refractivity contribution in [1.82, 2.24) is 20.3 Å². The average Bonchev–Trinajstić information content (AvgIpc) is 2.72. The fraction of sp³-hybridized carbons (Fsp3) is 0.333. The van der Waals surface area contributed by atoms with E-state index < -0.39 is 0 Å². The Morgan fingerprint density at radius 3 is 2.66 bits per heavy atom. The van der Waals surface area contributed by atoms with E-state index in [-0.39, 0.29) is 17.4 Å². The topological polar surface area (TPSA) is 67.8 Å². The van der Waals surface area contributed by atoms with Gasteiger partial charge in [-0.1, -0.05) is 44.2 Å². The predicted molar refractivity (Wildman–Crippen MR) is 113 cm³/mol. The van der Waals surface area contributed by atoms with E-state index in [0.29, 0.717) is 12.2 Å². The molecule has 1 aliphatic carbocycles. The summed E-state index contributed by atoms with van der Waals surface area (Å²) < 4.78 is 0. The second kappa shape index (κ2) is 8.11. The lowest BCUT2D eigenvalue weighted by Gasteiger charge is -2.36. The van der Waals surface area contributed by atoms with Gasteiger partial charge in [0.05, 0.1) is 11.7 Å². The van der Waals surface area contributed by atoms with E-state index >= 15 is 0 Å². The summed E-state index contributed by atoms with van der Waals surface area (Å²) in [4.78, 5) is 26.1. The van der Waals surface area contributed by atoms with E-state index in [1.807, 2.05) is 36.5 Å². The quantitative estimate of drug-likeness (QED) is 0.710. The molecule has 0 fully saturated rings. The van der Waals surface area contributed by atoms with Crippen molar-refractivity contribution < 1.29 is 4.79 Å². The van der Waals surface area contributed by atoms with Crippen LogP contribution in [0.2, 0.25) is 0 Å². The number of nitrogens with one attached hydrogen (secondary N) is 1. The van der Waals surface area contributed by atoms with Crippen molar-refractivity contribution in [2.24, 2.45) is 5.41 Å². The number of fused-ring (bicyclic) bond motifs is 1. The largest absolute Gasteiger partial charge is 0.349 e. The van der Waals surface area contributed by atoms with Crippen molar-refractivity contribution in [1.29, 1.82) is 0 Å². The number of pyridine rings is 1. The minimum atomic E-state index is -0.0523. The van der Waals surface area contributed by atoms with Gasteiger partial charge in [0.1, 0.15) is 0 Å². The van der Waals surface area contributed by atoms with Crippen LogP contribution in [0.4, 0.5) is 0 Å². The first-order valence-corrected chi connectivity index (χ1v) is 10.1. The van der Waals surface area contributed by atoms with Gasteiger partial charge in [0.25, 0.3) is 0 Å². The molecule has 0 saturated heterocycles. The Kier molecular flexibility index (Phi) is 5.38. The fourth-order valence-electron chi connectivity index (χ4n) is 3.99. The SMILES string of the molecule is CC1(C)Cc2nc(-c3ccncc3)ncc2C(NC(=O)CCc2ccccc2)C1. The van der Waals surface area contributed by atoms with Gasteiger partial charge in [0, 0.05) is 36.1 Å². The van der Waals surface area contributed by atoms with Crippen molar-refractivity contribution >= 4 is 5.91 Å². The number of benzene rings is 1. The molecule has 1 N–H and O–H groups in total. The van der Waals surface area contributed by atoms with Crippen molar-refractivity contribution in [3.05, 3.63) is 77.9 Å². The minimum Gasteiger partial charge on any atom is -0.349 e. The van der Waals surface area contributed by atoms with Gasteiger partial charge in [0.15, 0.2) is 5.82 Å². The fourth-order valence-corrected chi connectivity index (χ4v) is 3.99. The highest BCUT2D eigenvalue weighted by molar-refractivity contribution is 5.76. The maximum atomic E-state index is 12.6. The molecule has 2 heterocycles. The minimum absolute atomic E-state index is 0.0523. The zero-order valence-corrected chi connectivity index (χ0v) is 16.9. The van der Waals surface area contributed by atoms with Gasteiger partial charge in [-0.15, -0.1) is 0 Å². The molecule has 1 amide bonds. The molecular formula is C24H26N4O. The van der Waals surface area contributed by atoms with Gasteiger partial charge in [-0.3, -0.25) is 9.78 Å². The Hall–Kier alpha value is -3.08. The number of aromatic nitrogens is 3. The van der Waals surface area contributed by atoms with Crippen LogP contribution in [0.15, 0.2) is 61.1 Å². The van der Waals surface area contributed by atoms with Crippen LogP contribution >= 0.6 is 0 Å². The van der Waals surface area contributed by atoms with Gasteiger partial charge >= 0.3 is 0 Å². The maximum Gasteiger partial charge on any atom is 0.220 e. The number of rotatable bonds is 5. The van der Waals surface area contributed by atoms with Crippen LogP contribution in [0.25, 0.3) is 11.4 Å². The van der Waals surface area contributed by atoms with E-state index in [1.54, 1.807) is 12.4 Å². The number of hydrogen-bond donors (Lipinski definition) is 1. The zero-order valence-electron chi connectivity index (χ0n) is 16.9. The van der Waals surface area contributed by atoms with Gasteiger partial charge in [0.2, 0.25) is 5.91 Å². The second-order valence-electron chi connectivity index (χ2n) is 8.48. The molecule has 148 valence electrons. The summed E-state index contributed by atoms with van der Waals surface area (Å²) in [6.07, 6.45) is 8.36. The Morgan fingerprint density at radius 1 is 1.14 bits per heavy atom. The molecule has 0 saturated carbocycles. The molecular weight excluding hydrogens is 360 g/mol. The number of nitrogens with zero attached hydrogens (tertiary/aromatic N) is 3. The molecule has 0 aliphatic heterocycles. The molecule has 5 heteroatoms. The van der Waals surface area contributed by atoms with Crippen LogP contribution < -0.4 is 5.32 Å². The zero-order chi connectivity index (χ0) is 20.3. The maximum absolute atomic E-state index is 12.6. The first kappa shape index (κ1) is 19.2. The molecule has 1 aliphatic rings. The summed E-state index contributed by atoms with van der Waals surface area (Å²) in [6.45, 7) is 4.46. The van der Waals surface area contributed by atoms with Gasteiger partial charge in [-0.05, 0) is 42.4 Å². The Bertz CT molecular complexity index is 986. The third-order valence-corrected chi connectivity index (χ3v) is 5.44. The molecule has 0 spiro atoms. The lowest BCUT2D eigenvalue weighted by Crippen LogP contribution is -2.37. The van der Waals surface area contributed by atoms with Crippen molar-refractivity contribution in [2.75, 3.05) is 0 Å². The molecule has 1 aromatic carbocycles. The van der Waals surface area contributed by atoms with Crippen LogP contribution in [0.3, 0.4) is 0 Å². The number of hydrogen-bond acceptors (Lipinski definition) is 4. The van der Waals surface area contributed by atoms with Crippen LogP contribution in [-0.4, -0.2) is 20.9 Å². The molecule has 2 aromatic heterocycles. The third kappa shape index (κ3) is 4.67. The number of carbonyl (C=O) groups excluding carboxylic acids is 1. The monoisotopic (exact) mass is 386 g/mol. The van der Waals surface area contributed by atoms with E-state index in [2.05, 4.69) is 41.3 Å². The molecule has 3 aromatic rings. The van der Waals surface area contributed by atoms with E-state index in [1.165, 1.54) is 5.56 Å². The molecule has 1 unspecified atom stereocenters. The normalized spacial score (nSPS) is 17.4. The van der Waals surface area contributed by atoms with Crippen LogP contribution in [0, 0.1) is 5.41 Å². The second-order valence-corrected chi connectivity index (χ2v) is 8.48. The molecule has 29 heavy (non-hydrogen) atoms. The van der Waals surface area contributed by atoms with E-state index in [0.717, 1.165) is 36.1 Å². The lowest BCUT2D eigenvalue weighted by atomic mass is 9.74. The summed E-state index contributed by atoms with van der Waals surface area (Å²) in [6, 6.07) is 13.9. The molecule has 4 rings (SSSR count). The Labute approximate surface area is 171 Å². The van der Waals surface area contributed by atoms with Crippen LogP contribution in [-0.2, 0) is 17.6 Å². The van der Waals surface area contributed by atoms with Crippen molar-refractivity contribution in [3.63, 3.8) is 0 Å². The van der Waals surface area contributed by atoms with Crippen molar-refractivity contribution in [3.8, 4) is 11.4 Å². The first-order chi connectivity index (χ1) is 14.0. The number of aryl methyl sites for hydroxylation is 1. The summed E-state index contributed by atoms with van der Waals surface area (Å²) in [5, 5.41) is 3.23. The molecule has 1 atom stereocenters. The van der Waals surface area contributed by atoms with E-state index in [9.17, 15) is 4.79 Å². The highest BCUT2D eigenvalue weighted by Crippen LogP contribution is 2.40. The Balaban J connectivity index is 1.52. The highest BCUT2D eigenvalue weighted by atomic mass is 16.1. The van der Waals surface area contributed by atoms with Gasteiger partial charge in [-0.25, -0.2) is 9.97 Å². The molecule has 5 nitrogen and oxygen atoms in total. The lowest BCUT2D eigenvalue weighted by molar-refractivity contribution is -0.122. The Morgan fingerprint density at radius 2 is 1.90 bits per heavy atom. The summed E-state index contributed by atoms with van der Waals surface area (Å²) in [5.74, 6) is 0.777. The average molecular weight is 386 g/mol. The predicted octanol–water partition coefficient (Wildman–Crippen LogP) is 4.30. The molecule has 0 radical (unpaired) electrons. The van der Waals surface area contributed by atoms with Crippen molar-refractivity contribution in [2.45, 2.75) is 45.6 Å². The smallest absolute Gasteiger partial charge is 0.220 e. The number of amides is 1. The third-order valence-electron chi connectivity index (χ3n) is 5.44. The number of carbonyl (C=O) groups is 1. The van der Waals surface area contributed by atoms with Gasteiger partial charge in [-0.2, -0.15) is 0 Å². The first-order valence-electron chi connectivity index (χ1n) is 10.1. The summed E-state index contributed by atoms with van der Waals surface area (Å²) in [7, 11) is 0. The van der Waals surface area contributed by atoms with Crippen LogP contribution in [0.1, 0.15) is 49.6 Å². The standard InChI is InChI=1S/C24H26N4O/c1-24(2)14-20(27-22(29)9-8-17-6-4-3-5-7-17)19-16-26-23(28-21(19)15-24)18-10-12-25-13-11-18/h3-7,10-13,16,20H,8-9,14-15H2,1-2H3,(H,27,29). The summed E-state index contributed by atoms with van der Waals surface area (Å²) >= 11 is 0. The highest BCUT2D eigenvalue weighted by Gasteiger charge is 2.34.